The maximum absolute atomic E-state index is 13.4. The Bertz CT molecular complexity index is 1480. The van der Waals surface area contributed by atoms with Crippen LogP contribution in [0.15, 0.2) is 53.5 Å². The summed E-state index contributed by atoms with van der Waals surface area (Å²) >= 11 is 0. The summed E-state index contributed by atoms with van der Waals surface area (Å²) in [4.78, 5) is 41.8. The van der Waals surface area contributed by atoms with E-state index in [1.807, 2.05) is 18.2 Å². The highest BCUT2D eigenvalue weighted by atomic mass is 16.5. The van der Waals surface area contributed by atoms with E-state index < -0.39 is 0 Å². The van der Waals surface area contributed by atoms with E-state index in [1.54, 1.807) is 51.8 Å². The van der Waals surface area contributed by atoms with Crippen LogP contribution in [-0.2, 0) is 16.0 Å². The SMILES string of the molecule is COc1cc2c(c(OC)c1OC)-c1ccc(NCCCCCC(=O)Nc3ccccn3)c(=O)cc1[C@@H](NC(C)=O)CC2. The molecule has 0 radical (unpaired) electrons. The number of carbonyl (C=O) groups is 2. The summed E-state index contributed by atoms with van der Waals surface area (Å²) < 4.78 is 17.1. The van der Waals surface area contributed by atoms with E-state index in [9.17, 15) is 14.4 Å². The highest BCUT2D eigenvalue weighted by molar-refractivity contribution is 5.89. The second-order valence-corrected chi connectivity index (χ2v) is 10.1. The van der Waals surface area contributed by atoms with E-state index in [0.29, 0.717) is 60.1 Å². The lowest BCUT2D eigenvalue weighted by Crippen LogP contribution is -2.26. The third kappa shape index (κ3) is 7.18. The van der Waals surface area contributed by atoms with Crippen molar-refractivity contribution in [3.05, 3.63) is 70.0 Å². The van der Waals surface area contributed by atoms with Crippen LogP contribution in [0.25, 0.3) is 11.1 Å². The summed E-state index contributed by atoms with van der Waals surface area (Å²) in [6, 6.07) is 12.2. The molecular formula is C32H38N4O6. The van der Waals surface area contributed by atoms with Gasteiger partial charge in [-0.3, -0.25) is 14.4 Å². The average Bonchev–Trinajstić information content (AvgIpc) is 3.22. The van der Waals surface area contributed by atoms with E-state index in [2.05, 4.69) is 20.9 Å². The number of ether oxygens (including phenoxy) is 3. The van der Waals surface area contributed by atoms with Crippen molar-refractivity contribution in [1.29, 1.82) is 0 Å². The number of benzene rings is 1. The van der Waals surface area contributed by atoms with Gasteiger partial charge in [0.1, 0.15) is 5.82 Å². The number of pyridine rings is 1. The fourth-order valence-electron chi connectivity index (χ4n) is 5.31. The average molecular weight is 575 g/mol. The van der Waals surface area contributed by atoms with Gasteiger partial charge in [0.2, 0.25) is 23.0 Å². The van der Waals surface area contributed by atoms with Crippen LogP contribution in [0.1, 0.15) is 56.2 Å². The number of nitrogens with one attached hydrogen (secondary N) is 3. The summed E-state index contributed by atoms with van der Waals surface area (Å²) in [6.45, 7) is 2.05. The second-order valence-electron chi connectivity index (χ2n) is 10.1. The number of hydrogen-bond donors (Lipinski definition) is 3. The number of carbonyl (C=O) groups excluding carboxylic acids is 2. The van der Waals surface area contributed by atoms with Crippen LogP contribution >= 0.6 is 0 Å². The number of nitrogens with zero attached hydrogens (tertiary/aromatic N) is 1. The third-order valence-electron chi connectivity index (χ3n) is 7.24. The van der Waals surface area contributed by atoms with Gasteiger partial charge in [0.25, 0.3) is 0 Å². The van der Waals surface area contributed by atoms with Gasteiger partial charge < -0.3 is 30.2 Å². The van der Waals surface area contributed by atoms with E-state index in [4.69, 9.17) is 14.2 Å². The zero-order valence-corrected chi connectivity index (χ0v) is 24.5. The lowest BCUT2D eigenvalue weighted by atomic mass is 9.95. The first-order valence-corrected chi connectivity index (χ1v) is 14.1. The number of rotatable bonds is 12. The first-order chi connectivity index (χ1) is 20.4. The molecule has 0 unspecified atom stereocenters. The molecule has 1 atom stereocenters. The summed E-state index contributed by atoms with van der Waals surface area (Å²) in [5.41, 5.74) is 3.56. The molecule has 1 heterocycles. The summed E-state index contributed by atoms with van der Waals surface area (Å²) in [6.07, 6.45) is 5.60. The van der Waals surface area contributed by atoms with Crippen LogP contribution in [0.5, 0.6) is 17.2 Å². The molecule has 0 aliphatic heterocycles. The van der Waals surface area contributed by atoms with Crippen LogP contribution in [-0.4, -0.2) is 44.7 Å². The van der Waals surface area contributed by atoms with Gasteiger partial charge in [0.05, 0.1) is 33.1 Å². The van der Waals surface area contributed by atoms with Gasteiger partial charge in [-0.2, -0.15) is 0 Å². The lowest BCUT2D eigenvalue weighted by Gasteiger charge is -2.19. The van der Waals surface area contributed by atoms with Gasteiger partial charge in [-0.1, -0.05) is 18.6 Å². The normalized spacial score (nSPS) is 13.6. The molecule has 10 heteroatoms. The third-order valence-corrected chi connectivity index (χ3v) is 7.24. The zero-order chi connectivity index (χ0) is 30.1. The fourth-order valence-corrected chi connectivity index (χ4v) is 5.31. The quantitative estimate of drug-likeness (QED) is 0.262. The summed E-state index contributed by atoms with van der Waals surface area (Å²) in [5.74, 6) is 1.82. The predicted octanol–water partition coefficient (Wildman–Crippen LogP) is 4.87. The molecule has 42 heavy (non-hydrogen) atoms. The standard InChI is InChI=1S/C32H38N4O6/c1-20(37)35-24-14-12-21-18-27(40-2)31(41-3)32(42-4)30(21)22-13-15-25(26(38)19-23(22)24)33-16-8-5-6-11-29(39)36-28-10-7-9-17-34-28/h7,9-10,13,15,17-19,24H,5-6,8,11-12,14,16H2,1-4H3,(H,33,38)(H,35,37)(H,34,36,39)/t24-/m0/s1. The molecule has 2 amide bonds. The Labute approximate surface area is 245 Å². The Kier molecular flexibility index (Phi) is 10.4. The van der Waals surface area contributed by atoms with E-state index in [0.717, 1.165) is 36.0 Å². The molecular weight excluding hydrogens is 536 g/mol. The number of amides is 2. The number of aryl methyl sites for hydroxylation is 1. The number of methoxy groups -OCH3 is 3. The van der Waals surface area contributed by atoms with Crippen LogP contribution in [0, 0.1) is 0 Å². The molecule has 3 N–H and O–H groups in total. The van der Waals surface area contributed by atoms with Crippen molar-refractivity contribution in [1.82, 2.24) is 10.3 Å². The van der Waals surface area contributed by atoms with E-state index >= 15 is 0 Å². The Morgan fingerprint density at radius 3 is 2.48 bits per heavy atom. The molecule has 1 aliphatic rings. The van der Waals surface area contributed by atoms with Crippen molar-refractivity contribution < 1.29 is 23.8 Å². The first kappa shape index (κ1) is 30.4. The predicted molar refractivity (Wildman–Crippen MR) is 163 cm³/mol. The van der Waals surface area contributed by atoms with Crippen molar-refractivity contribution in [3.63, 3.8) is 0 Å². The Hall–Kier alpha value is -4.60. The maximum Gasteiger partial charge on any atom is 0.225 e. The number of unbranched alkanes of at least 4 members (excludes halogenated alkanes) is 2. The fraction of sp³-hybridized carbons (Fsp3) is 0.375. The van der Waals surface area contributed by atoms with Crippen molar-refractivity contribution in [2.45, 2.75) is 51.5 Å². The summed E-state index contributed by atoms with van der Waals surface area (Å²) in [7, 11) is 4.71. The molecule has 10 nitrogen and oxygen atoms in total. The molecule has 0 fully saturated rings. The lowest BCUT2D eigenvalue weighted by molar-refractivity contribution is -0.119. The van der Waals surface area contributed by atoms with Crippen molar-refractivity contribution >= 4 is 23.3 Å². The van der Waals surface area contributed by atoms with Crippen LogP contribution < -0.4 is 35.6 Å². The Morgan fingerprint density at radius 1 is 0.976 bits per heavy atom. The van der Waals surface area contributed by atoms with Crippen molar-refractivity contribution in [2.24, 2.45) is 0 Å². The van der Waals surface area contributed by atoms with Gasteiger partial charge in [-0.05, 0) is 72.7 Å². The van der Waals surface area contributed by atoms with Crippen LogP contribution in [0.4, 0.5) is 11.5 Å². The van der Waals surface area contributed by atoms with E-state index in [1.165, 1.54) is 6.92 Å². The number of aromatic nitrogens is 1. The minimum absolute atomic E-state index is 0.0706. The van der Waals surface area contributed by atoms with Gasteiger partial charge >= 0.3 is 0 Å². The van der Waals surface area contributed by atoms with Gasteiger partial charge in [-0.25, -0.2) is 4.98 Å². The Morgan fingerprint density at radius 2 is 1.79 bits per heavy atom. The molecule has 0 spiro atoms. The smallest absolute Gasteiger partial charge is 0.225 e. The zero-order valence-electron chi connectivity index (χ0n) is 24.5. The maximum atomic E-state index is 13.4. The molecule has 4 rings (SSSR count). The monoisotopic (exact) mass is 574 g/mol. The van der Waals surface area contributed by atoms with Crippen molar-refractivity contribution in [3.8, 4) is 28.4 Å². The highest BCUT2D eigenvalue weighted by Crippen LogP contribution is 2.50. The van der Waals surface area contributed by atoms with Gasteiger partial charge in [-0.15, -0.1) is 0 Å². The number of anilines is 2. The van der Waals surface area contributed by atoms with Gasteiger partial charge in [0.15, 0.2) is 11.5 Å². The largest absolute Gasteiger partial charge is 0.493 e. The topological polar surface area (TPSA) is 128 Å². The molecule has 1 aliphatic carbocycles. The highest BCUT2D eigenvalue weighted by Gasteiger charge is 2.29. The molecule has 0 saturated carbocycles. The first-order valence-electron chi connectivity index (χ1n) is 14.1. The van der Waals surface area contributed by atoms with Crippen molar-refractivity contribution in [2.75, 3.05) is 38.5 Å². The number of fused-ring (bicyclic) bond motifs is 3. The van der Waals surface area contributed by atoms with Crippen LogP contribution in [0.3, 0.4) is 0 Å². The summed E-state index contributed by atoms with van der Waals surface area (Å²) in [5, 5.41) is 9.07. The minimum atomic E-state index is -0.364. The van der Waals surface area contributed by atoms with Gasteiger partial charge in [0, 0.05) is 31.6 Å². The molecule has 222 valence electrons. The number of hydrogen-bond acceptors (Lipinski definition) is 8. The second kappa shape index (κ2) is 14.3. The van der Waals surface area contributed by atoms with E-state index in [-0.39, 0.29) is 23.3 Å². The molecule has 1 aromatic heterocycles. The minimum Gasteiger partial charge on any atom is -0.493 e. The molecule has 2 aromatic carbocycles. The molecule has 0 bridgehead atoms. The molecule has 3 aromatic rings. The Balaban J connectivity index is 1.53. The van der Waals surface area contributed by atoms with Crippen LogP contribution in [0.2, 0.25) is 0 Å². The molecule has 0 saturated heterocycles.